The number of hydrogen-bond donors (Lipinski definition) is 1. The minimum absolute atomic E-state index is 0.0647. The molecule has 1 saturated heterocycles. The van der Waals surface area contributed by atoms with E-state index < -0.39 is 0 Å². The Bertz CT molecular complexity index is 1830. The van der Waals surface area contributed by atoms with E-state index in [-0.39, 0.29) is 29.9 Å². The van der Waals surface area contributed by atoms with Crippen LogP contribution in [0.25, 0.3) is 32.8 Å². The van der Waals surface area contributed by atoms with E-state index in [1.807, 2.05) is 47.9 Å². The van der Waals surface area contributed by atoms with Gasteiger partial charge < -0.3 is 15.2 Å². The van der Waals surface area contributed by atoms with Gasteiger partial charge in [-0.1, -0.05) is 42.5 Å². The van der Waals surface area contributed by atoms with Gasteiger partial charge >= 0.3 is 5.69 Å². The summed E-state index contributed by atoms with van der Waals surface area (Å²) in [6.45, 7) is 4.23. The number of rotatable bonds is 5. The molecule has 194 valence electrons. The molecule has 1 atom stereocenters. The van der Waals surface area contributed by atoms with Gasteiger partial charge in [0.1, 0.15) is 0 Å². The van der Waals surface area contributed by atoms with Crippen LogP contribution in [0, 0.1) is 0 Å². The first-order valence-electron chi connectivity index (χ1n) is 13.6. The van der Waals surface area contributed by atoms with E-state index in [1.54, 1.807) is 4.57 Å². The second kappa shape index (κ2) is 8.80. The predicted octanol–water partition coefficient (Wildman–Crippen LogP) is 3.39. The lowest BCUT2D eigenvalue weighted by Crippen LogP contribution is -2.44. The summed E-state index contributed by atoms with van der Waals surface area (Å²) in [6.07, 6.45) is 3.78. The largest absolute Gasteiger partial charge is 0.341 e. The van der Waals surface area contributed by atoms with Gasteiger partial charge in [0.15, 0.2) is 11.2 Å². The predicted molar refractivity (Wildman–Crippen MR) is 150 cm³/mol. The Morgan fingerprint density at radius 1 is 0.921 bits per heavy atom. The molecule has 0 radical (unpaired) electrons. The van der Waals surface area contributed by atoms with Crippen molar-refractivity contribution < 1.29 is 0 Å². The highest BCUT2D eigenvalue weighted by molar-refractivity contribution is 6.06. The van der Waals surface area contributed by atoms with Crippen molar-refractivity contribution in [1.29, 1.82) is 0 Å². The van der Waals surface area contributed by atoms with E-state index in [4.69, 9.17) is 15.7 Å². The van der Waals surface area contributed by atoms with Crippen molar-refractivity contribution in [2.75, 3.05) is 18.0 Å². The normalized spacial score (nSPS) is 18.2. The maximum Gasteiger partial charge on any atom is 0.333 e. The summed E-state index contributed by atoms with van der Waals surface area (Å²) in [5, 5.41) is 3.06. The number of fused-ring (bicyclic) bond motifs is 4. The molecular weight excluding hydrogens is 478 g/mol. The number of aryl methyl sites for hydroxylation is 1. The van der Waals surface area contributed by atoms with Crippen molar-refractivity contribution in [2.45, 2.75) is 57.8 Å². The van der Waals surface area contributed by atoms with Gasteiger partial charge in [0.25, 0.3) is 5.56 Å². The lowest BCUT2D eigenvalue weighted by atomic mass is 10.0. The molecule has 9 heteroatoms. The molecule has 5 aromatic rings. The average molecular weight is 510 g/mol. The number of piperidine rings is 1. The zero-order valence-electron chi connectivity index (χ0n) is 21.5. The first-order valence-corrected chi connectivity index (χ1v) is 13.6. The summed E-state index contributed by atoms with van der Waals surface area (Å²) in [6, 6.07) is 16.2. The Hall–Kier alpha value is -3.98. The first-order chi connectivity index (χ1) is 18.5. The van der Waals surface area contributed by atoms with Crippen molar-refractivity contribution in [2.24, 2.45) is 5.73 Å². The number of aromatic nitrogens is 5. The standard InChI is InChI=1S/C29H31N7O2/c1-2-34-25-26(32-28(34)33-15-7-8-18(30)16-33)36(19-13-14-19)29(38)35(27(25)37)17-24-22-11-4-3-9-20(22)21-10-5-6-12-23(21)31-24/h3-6,9-12,18-19H,2,7-8,13-17,30H2,1H3. The number of nitrogens with zero attached hydrogens (tertiary/aromatic N) is 6. The minimum Gasteiger partial charge on any atom is -0.341 e. The number of nitrogens with two attached hydrogens (primary N) is 1. The Morgan fingerprint density at radius 2 is 1.66 bits per heavy atom. The summed E-state index contributed by atoms with van der Waals surface area (Å²) in [4.78, 5) is 40.1. The van der Waals surface area contributed by atoms with Gasteiger partial charge in [-0.15, -0.1) is 0 Å². The van der Waals surface area contributed by atoms with E-state index >= 15 is 0 Å². The second-order valence-electron chi connectivity index (χ2n) is 10.6. The van der Waals surface area contributed by atoms with Crippen LogP contribution in [0.4, 0.5) is 5.95 Å². The number of hydrogen-bond acceptors (Lipinski definition) is 6. The van der Waals surface area contributed by atoms with Crippen LogP contribution in [0.15, 0.2) is 58.1 Å². The molecule has 1 unspecified atom stereocenters. The fourth-order valence-corrected chi connectivity index (χ4v) is 6.02. The van der Waals surface area contributed by atoms with Gasteiger partial charge in [-0.25, -0.2) is 4.79 Å². The molecule has 2 fully saturated rings. The monoisotopic (exact) mass is 509 g/mol. The van der Waals surface area contributed by atoms with Gasteiger partial charge in [0.2, 0.25) is 5.95 Å². The van der Waals surface area contributed by atoms with Crippen molar-refractivity contribution in [1.82, 2.24) is 23.7 Å². The third-order valence-corrected chi connectivity index (χ3v) is 8.01. The Labute approximate surface area is 219 Å². The molecule has 1 aliphatic heterocycles. The molecule has 1 aliphatic carbocycles. The smallest absolute Gasteiger partial charge is 0.333 e. The molecule has 4 heterocycles. The zero-order valence-corrected chi connectivity index (χ0v) is 21.5. The molecular formula is C29H31N7O2. The molecule has 0 bridgehead atoms. The molecule has 2 N–H and O–H groups in total. The highest BCUT2D eigenvalue weighted by Gasteiger charge is 2.32. The van der Waals surface area contributed by atoms with Crippen LogP contribution < -0.4 is 21.9 Å². The molecule has 7 rings (SSSR count). The van der Waals surface area contributed by atoms with Crippen molar-refractivity contribution in [3.05, 3.63) is 75.1 Å². The van der Waals surface area contributed by atoms with Crippen LogP contribution in [0.2, 0.25) is 0 Å². The van der Waals surface area contributed by atoms with Crippen LogP contribution in [-0.4, -0.2) is 42.8 Å². The van der Waals surface area contributed by atoms with E-state index in [1.165, 1.54) is 4.57 Å². The van der Waals surface area contributed by atoms with E-state index in [0.29, 0.717) is 29.9 Å². The summed E-state index contributed by atoms with van der Waals surface area (Å²) >= 11 is 0. The van der Waals surface area contributed by atoms with E-state index in [2.05, 4.69) is 17.0 Å². The average Bonchev–Trinajstić information content (AvgIpc) is 3.70. The summed E-state index contributed by atoms with van der Waals surface area (Å²) in [7, 11) is 0. The first kappa shape index (κ1) is 23.2. The molecule has 2 aromatic carbocycles. The van der Waals surface area contributed by atoms with Gasteiger partial charge in [-0.2, -0.15) is 4.98 Å². The number of pyridine rings is 1. The highest BCUT2D eigenvalue weighted by atomic mass is 16.2. The van der Waals surface area contributed by atoms with E-state index in [9.17, 15) is 9.59 Å². The van der Waals surface area contributed by atoms with Crippen molar-refractivity contribution >= 4 is 38.8 Å². The quantitative estimate of drug-likeness (QED) is 0.364. The van der Waals surface area contributed by atoms with Gasteiger partial charge in [-0.05, 0) is 44.1 Å². The van der Waals surface area contributed by atoms with E-state index in [0.717, 1.165) is 59.9 Å². The van der Waals surface area contributed by atoms with Gasteiger partial charge in [-0.3, -0.25) is 18.9 Å². The number of benzene rings is 2. The highest BCUT2D eigenvalue weighted by Crippen LogP contribution is 2.36. The van der Waals surface area contributed by atoms with Gasteiger partial charge in [0, 0.05) is 42.5 Å². The molecule has 0 spiro atoms. The minimum atomic E-state index is -0.317. The number of imidazole rings is 1. The fourth-order valence-electron chi connectivity index (χ4n) is 6.02. The Kier molecular flexibility index (Phi) is 5.36. The van der Waals surface area contributed by atoms with Crippen LogP contribution in [0.1, 0.15) is 44.3 Å². The molecule has 2 aliphatic rings. The number of anilines is 1. The van der Waals surface area contributed by atoms with Crippen LogP contribution >= 0.6 is 0 Å². The molecule has 3 aromatic heterocycles. The topological polar surface area (TPSA) is 104 Å². The van der Waals surface area contributed by atoms with Gasteiger partial charge in [0.05, 0.1) is 17.8 Å². The molecule has 9 nitrogen and oxygen atoms in total. The summed E-state index contributed by atoms with van der Waals surface area (Å²) in [5.74, 6) is 0.732. The maximum atomic E-state index is 14.1. The second-order valence-corrected chi connectivity index (χ2v) is 10.6. The summed E-state index contributed by atoms with van der Waals surface area (Å²) in [5.41, 5.74) is 8.19. The third-order valence-electron chi connectivity index (χ3n) is 8.01. The van der Waals surface area contributed by atoms with Crippen LogP contribution in [0.5, 0.6) is 0 Å². The molecule has 0 amide bonds. The Balaban J connectivity index is 1.46. The molecule has 38 heavy (non-hydrogen) atoms. The zero-order chi connectivity index (χ0) is 26.0. The van der Waals surface area contributed by atoms with Crippen molar-refractivity contribution in [3.8, 4) is 0 Å². The van der Waals surface area contributed by atoms with Crippen LogP contribution in [0.3, 0.4) is 0 Å². The van der Waals surface area contributed by atoms with Crippen molar-refractivity contribution in [3.63, 3.8) is 0 Å². The fraction of sp³-hybridized carbons (Fsp3) is 0.379. The Morgan fingerprint density at radius 3 is 2.39 bits per heavy atom. The SMILES string of the molecule is CCn1c(N2CCCC(N)C2)nc2c1c(=O)n(Cc1nc3ccccc3c3ccccc13)c(=O)n2C1CC1. The summed E-state index contributed by atoms with van der Waals surface area (Å²) < 4.78 is 5.08. The lowest BCUT2D eigenvalue weighted by Gasteiger charge is -2.31. The van der Waals surface area contributed by atoms with Crippen LogP contribution in [-0.2, 0) is 13.1 Å². The third kappa shape index (κ3) is 3.56. The maximum absolute atomic E-state index is 14.1. The molecule has 1 saturated carbocycles. The number of para-hydroxylation sites is 1. The lowest BCUT2D eigenvalue weighted by molar-refractivity contribution is 0.494.